The topological polar surface area (TPSA) is 84.7 Å². The number of hydrogen-bond donors (Lipinski definition) is 2. The highest BCUT2D eigenvalue weighted by molar-refractivity contribution is 5.97. The molecule has 1 aromatic carbocycles. The van der Waals surface area contributed by atoms with Gasteiger partial charge in [0.15, 0.2) is 0 Å². The molecule has 0 saturated carbocycles. The van der Waals surface area contributed by atoms with Crippen LogP contribution in [0.2, 0.25) is 0 Å². The number of benzene rings is 1. The molecule has 1 saturated heterocycles. The first kappa shape index (κ1) is 20.0. The van der Waals surface area contributed by atoms with Crippen molar-refractivity contribution in [3.05, 3.63) is 60.8 Å². The summed E-state index contributed by atoms with van der Waals surface area (Å²) in [6.07, 6.45) is 6.72. The van der Waals surface area contributed by atoms with Crippen molar-refractivity contribution in [1.82, 2.24) is 25.1 Å². The molecule has 3 heterocycles. The predicted molar refractivity (Wildman–Crippen MR) is 110 cm³/mol. The second kappa shape index (κ2) is 8.50. The number of carbonyl (C=O) groups is 1. The van der Waals surface area contributed by atoms with E-state index in [0.29, 0.717) is 18.7 Å². The molecule has 28 heavy (non-hydrogen) atoms. The molecule has 0 bridgehead atoms. The minimum Gasteiger partial charge on any atom is -0.324 e. The van der Waals surface area contributed by atoms with Gasteiger partial charge in [0.1, 0.15) is 11.4 Å². The number of nitrogens with one attached hydrogen (secondary N) is 2. The molecular weight excluding hydrogens is 376 g/mol. The molecule has 8 heteroatoms. The van der Waals surface area contributed by atoms with Crippen molar-refractivity contribution in [2.24, 2.45) is 0 Å². The molecule has 2 N–H and O–H groups in total. The summed E-state index contributed by atoms with van der Waals surface area (Å²) in [6.45, 7) is 3.43. The number of hydrogen-bond acceptors (Lipinski definition) is 5. The van der Waals surface area contributed by atoms with Crippen molar-refractivity contribution in [3.63, 3.8) is 0 Å². The Kier molecular flexibility index (Phi) is 6.06. The lowest BCUT2D eigenvalue weighted by molar-refractivity contribution is -0.126. The Labute approximate surface area is 170 Å². The van der Waals surface area contributed by atoms with Gasteiger partial charge in [0.2, 0.25) is 0 Å². The van der Waals surface area contributed by atoms with Crippen molar-refractivity contribution in [3.8, 4) is 11.3 Å². The van der Waals surface area contributed by atoms with Gasteiger partial charge in [0, 0.05) is 29.8 Å². The van der Waals surface area contributed by atoms with Crippen LogP contribution in [0.4, 0.5) is 5.69 Å². The van der Waals surface area contributed by atoms with E-state index in [2.05, 4.69) is 25.7 Å². The molecule has 146 valence electrons. The Hall–Kier alpha value is -2.77. The minimum absolute atomic E-state index is 0. The van der Waals surface area contributed by atoms with Crippen LogP contribution in [0.5, 0.6) is 0 Å². The molecule has 2 aromatic heterocycles. The molecule has 1 amide bonds. The smallest absolute Gasteiger partial charge is 0.252 e. The molecule has 0 radical (unpaired) electrons. The summed E-state index contributed by atoms with van der Waals surface area (Å²) in [5.74, 6) is 0.679. The van der Waals surface area contributed by atoms with Crippen LogP contribution >= 0.6 is 12.4 Å². The van der Waals surface area contributed by atoms with Gasteiger partial charge in [0.05, 0.1) is 5.69 Å². The highest BCUT2D eigenvalue weighted by Gasteiger charge is 2.42. The Morgan fingerprint density at radius 1 is 1.18 bits per heavy atom. The lowest BCUT2D eigenvalue weighted by atomic mass is 9.87. The van der Waals surface area contributed by atoms with Gasteiger partial charge < -0.3 is 10.6 Å². The van der Waals surface area contributed by atoms with E-state index in [0.717, 1.165) is 30.0 Å². The first-order valence-electron chi connectivity index (χ1n) is 9.10. The predicted octanol–water partition coefficient (Wildman–Crippen LogP) is 2.79. The van der Waals surface area contributed by atoms with Crippen LogP contribution in [-0.4, -0.2) is 38.7 Å². The van der Waals surface area contributed by atoms with Gasteiger partial charge >= 0.3 is 0 Å². The van der Waals surface area contributed by atoms with Crippen LogP contribution in [-0.2, 0) is 10.3 Å². The van der Waals surface area contributed by atoms with Crippen molar-refractivity contribution < 1.29 is 4.79 Å². The van der Waals surface area contributed by atoms with E-state index in [1.165, 1.54) is 0 Å². The lowest BCUT2D eigenvalue weighted by Crippen LogP contribution is -2.52. The number of rotatable bonds is 4. The molecule has 0 aliphatic carbocycles. The van der Waals surface area contributed by atoms with E-state index in [1.54, 1.807) is 17.1 Å². The van der Waals surface area contributed by atoms with Gasteiger partial charge in [-0.25, -0.2) is 9.97 Å². The SMILES string of the molecule is Cc1nccc(-c2cccc(NC(=O)C3(n4cccn4)CCNCC3)c2)n1.Cl. The van der Waals surface area contributed by atoms with E-state index in [9.17, 15) is 4.79 Å². The summed E-state index contributed by atoms with van der Waals surface area (Å²) in [7, 11) is 0. The summed E-state index contributed by atoms with van der Waals surface area (Å²) in [5.41, 5.74) is 1.86. The number of piperidine rings is 1. The third kappa shape index (κ3) is 3.90. The molecule has 1 aliphatic rings. The molecule has 4 rings (SSSR count). The van der Waals surface area contributed by atoms with E-state index < -0.39 is 5.54 Å². The molecule has 0 atom stereocenters. The number of amides is 1. The number of halogens is 1. The third-order valence-corrected chi connectivity index (χ3v) is 4.99. The molecule has 0 spiro atoms. The normalized spacial score (nSPS) is 15.5. The Bertz CT molecular complexity index is 937. The Morgan fingerprint density at radius 2 is 2.00 bits per heavy atom. The monoisotopic (exact) mass is 398 g/mol. The van der Waals surface area contributed by atoms with E-state index in [1.807, 2.05) is 49.5 Å². The number of anilines is 1. The van der Waals surface area contributed by atoms with Gasteiger partial charge in [-0.15, -0.1) is 12.4 Å². The maximum absolute atomic E-state index is 13.3. The van der Waals surface area contributed by atoms with Gasteiger partial charge in [-0.3, -0.25) is 9.48 Å². The van der Waals surface area contributed by atoms with Crippen molar-refractivity contribution in [1.29, 1.82) is 0 Å². The van der Waals surface area contributed by atoms with Crippen LogP contribution in [0.1, 0.15) is 18.7 Å². The summed E-state index contributed by atoms with van der Waals surface area (Å²) in [6, 6.07) is 11.5. The molecule has 7 nitrogen and oxygen atoms in total. The average molecular weight is 399 g/mol. The number of aryl methyl sites for hydroxylation is 1. The quantitative estimate of drug-likeness (QED) is 0.705. The van der Waals surface area contributed by atoms with Gasteiger partial charge in [-0.2, -0.15) is 5.10 Å². The van der Waals surface area contributed by atoms with Gasteiger partial charge in [0.25, 0.3) is 5.91 Å². The van der Waals surface area contributed by atoms with Crippen LogP contribution in [0.3, 0.4) is 0 Å². The fraction of sp³-hybridized carbons (Fsp3) is 0.300. The van der Waals surface area contributed by atoms with E-state index >= 15 is 0 Å². The molecule has 1 aliphatic heterocycles. The third-order valence-electron chi connectivity index (χ3n) is 4.99. The second-order valence-electron chi connectivity index (χ2n) is 6.76. The molecule has 0 unspecified atom stereocenters. The summed E-state index contributed by atoms with van der Waals surface area (Å²) >= 11 is 0. The maximum Gasteiger partial charge on any atom is 0.252 e. The highest BCUT2D eigenvalue weighted by atomic mass is 35.5. The molecule has 3 aromatic rings. The highest BCUT2D eigenvalue weighted by Crippen LogP contribution is 2.29. The minimum atomic E-state index is -0.670. The summed E-state index contributed by atoms with van der Waals surface area (Å²) in [5, 5.41) is 10.8. The Morgan fingerprint density at radius 3 is 2.71 bits per heavy atom. The van der Waals surface area contributed by atoms with Crippen molar-refractivity contribution in [2.45, 2.75) is 25.3 Å². The Balaban J connectivity index is 0.00000225. The zero-order chi connectivity index (χ0) is 18.7. The first-order chi connectivity index (χ1) is 13.2. The maximum atomic E-state index is 13.3. The summed E-state index contributed by atoms with van der Waals surface area (Å²) in [4.78, 5) is 21.9. The largest absolute Gasteiger partial charge is 0.324 e. The van der Waals surface area contributed by atoms with Gasteiger partial charge in [-0.05, 0) is 57.1 Å². The van der Waals surface area contributed by atoms with Crippen LogP contribution in [0.15, 0.2) is 55.0 Å². The standard InChI is InChI=1S/C20H22N6O.ClH/c1-15-22-10-6-18(24-15)16-4-2-5-17(14-16)25-19(27)20(7-11-21-12-8-20)26-13-3-9-23-26;/h2-6,9-10,13-14,21H,7-8,11-12H2,1H3,(H,25,27);1H. The summed E-state index contributed by atoms with van der Waals surface area (Å²) < 4.78 is 1.79. The number of carbonyl (C=O) groups excluding carboxylic acids is 1. The first-order valence-corrected chi connectivity index (χ1v) is 9.10. The van der Waals surface area contributed by atoms with Crippen LogP contribution in [0.25, 0.3) is 11.3 Å². The zero-order valence-corrected chi connectivity index (χ0v) is 16.4. The van der Waals surface area contributed by atoms with Gasteiger partial charge in [-0.1, -0.05) is 12.1 Å². The number of aromatic nitrogens is 4. The fourth-order valence-electron chi connectivity index (χ4n) is 3.54. The fourth-order valence-corrected chi connectivity index (χ4v) is 3.54. The molecular formula is C20H23ClN6O. The van der Waals surface area contributed by atoms with Crippen LogP contribution in [0, 0.1) is 6.92 Å². The number of nitrogens with zero attached hydrogens (tertiary/aromatic N) is 4. The molecule has 1 fully saturated rings. The van der Waals surface area contributed by atoms with Crippen LogP contribution < -0.4 is 10.6 Å². The van der Waals surface area contributed by atoms with Crippen molar-refractivity contribution in [2.75, 3.05) is 18.4 Å². The van der Waals surface area contributed by atoms with E-state index in [-0.39, 0.29) is 18.3 Å². The second-order valence-corrected chi connectivity index (χ2v) is 6.76. The lowest BCUT2D eigenvalue weighted by Gasteiger charge is -2.36. The zero-order valence-electron chi connectivity index (χ0n) is 15.6. The van der Waals surface area contributed by atoms with Crippen molar-refractivity contribution >= 4 is 24.0 Å². The average Bonchev–Trinajstić information content (AvgIpc) is 3.24. The van der Waals surface area contributed by atoms with E-state index in [4.69, 9.17) is 0 Å².